The molecule has 14 heavy (non-hydrogen) atoms. The quantitative estimate of drug-likeness (QED) is 0.822. The van der Waals surface area contributed by atoms with Crippen LogP contribution >= 0.6 is 11.6 Å². The maximum absolute atomic E-state index is 13.3. The van der Waals surface area contributed by atoms with Gasteiger partial charge in [0.15, 0.2) is 0 Å². The smallest absolute Gasteiger partial charge is 0.307 e. The summed E-state index contributed by atoms with van der Waals surface area (Å²) in [6, 6.07) is 4.36. The molecule has 1 aliphatic carbocycles. The predicted octanol–water partition coefficient (Wildman–Crippen LogP) is 2.67. The standard InChI is InChI=1S/C10H8ClFO2/c11-5-1-2-6(9(12)3-5)7-4-8(7)10(13)14/h1-3,7-8H,4H2,(H,13,14)/t7-,8+/m1/s1. The van der Waals surface area contributed by atoms with Gasteiger partial charge in [0.2, 0.25) is 0 Å². The summed E-state index contributed by atoms with van der Waals surface area (Å²) >= 11 is 5.58. The second-order valence-corrected chi connectivity index (χ2v) is 3.89. The van der Waals surface area contributed by atoms with Gasteiger partial charge in [-0.25, -0.2) is 4.39 Å². The third-order valence-electron chi connectivity index (χ3n) is 2.47. The number of benzene rings is 1. The number of aliphatic carboxylic acids is 1. The fraction of sp³-hybridized carbons (Fsp3) is 0.300. The minimum absolute atomic E-state index is 0.176. The largest absolute Gasteiger partial charge is 0.481 e. The summed E-state index contributed by atoms with van der Waals surface area (Å²) in [5, 5.41) is 9.01. The molecular formula is C10H8ClFO2. The van der Waals surface area contributed by atoms with Gasteiger partial charge < -0.3 is 5.11 Å². The Balaban J connectivity index is 2.23. The molecule has 0 saturated heterocycles. The Morgan fingerprint density at radius 1 is 1.57 bits per heavy atom. The molecule has 1 aromatic rings. The van der Waals surface area contributed by atoms with Crippen LogP contribution in [0.15, 0.2) is 18.2 Å². The topological polar surface area (TPSA) is 37.3 Å². The zero-order valence-electron chi connectivity index (χ0n) is 7.21. The highest BCUT2D eigenvalue weighted by molar-refractivity contribution is 6.30. The van der Waals surface area contributed by atoms with Gasteiger partial charge in [0.1, 0.15) is 5.82 Å². The first-order valence-corrected chi connectivity index (χ1v) is 4.65. The number of carboxylic acid groups (broad SMARTS) is 1. The lowest BCUT2D eigenvalue weighted by molar-refractivity contribution is -0.138. The molecule has 0 spiro atoms. The third kappa shape index (κ3) is 1.60. The van der Waals surface area contributed by atoms with E-state index in [1.807, 2.05) is 0 Å². The van der Waals surface area contributed by atoms with Gasteiger partial charge in [-0.05, 0) is 24.1 Å². The highest BCUT2D eigenvalue weighted by Crippen LogP contribution is 2.48. The average Bonchev–Trinajstić information content (AvgIpc) is 2.83. The molecule has 0 radical (unpaired) electrons. The summed E-state index contributed by atoms with van der Waals surface area (Å²) in [7, 11) is 0. The summed E-state index contributed by atoms with van der Waals surface area (Å²) in [5.41, 5.74) is 0.460. The van der Waals surface area contributed by atoms with E-state index in [1.54, 1.807) is 12.1 Å². The van der Waals surface area contributed by atoms with Crippen LogP contribution in [0.2, 0.25) is 5.02 Å². The van der Waals surface area contributed by atoms with Crippen molar-refractivity contribution in [1.82, 2.24) is 0 Å². The number of halogens is 2. The number of carbonyl (C=O) groups is 1. The first-order valence-electron chi connectivity index (χ1n) is 4.27. The Hall–Kier alpha value is -1.09. The van der Waals surface area contributed by atoms with Crippen molar-refractivity contribution < 1.29 is 14.3 Å². The van der Waals surface area contributed by atoms with Crippen LogP contribution < -0.4 is 0 Å². The van der Waals surface area contributed by atoms with Crippen LogP contribution in [0.5, 0.6) is 0 Å². The fourth-order valence-corrected chi connectivity index (χ4v) is 1.77. The van der Waals surface area contributed by atoms with Crippen LogP contribution in [-0.2, 0) is 4.79 Å². The SMILES string of the molecule is O=C(O)[C@H]1C[C@@H]1c1ccc(Cl)cc1F. The summed E-state index contributed by atoms with van der Waals surface area (Å²) in [6.07, 6.45) is 0.522. The Bertz CT molecular complexity index is 392. The van der Waals surface area contributed by atoms with Crippen molar-refractivity contribution in [1.29, 1.82) is 0 Å². The van der Waals surface area contributed by atoms with Crippen molar-refractivity contribution in [2.45, 2.75) is 12.3 Å². The van der Waals surface area contributed by atoms with E-state index in [2.05, 4.69) is 0 Å². The van der Waals surface area contributed by atoms with E-state index in [0.717, 1.165) is 0 Å². The highest BCUT2D eigenvalue weighted by Gasteiger charge is 2.45. The molecule has 2 rings (SSSR count). The van der Waals surface area contributed by atoms with E-state index in [-0.39, 0.29) is 5.92 Å². The van der Waals surface area contributed by atoms with E-state index in [4.69, 9.17) is 16.7 Å². The number of hydrogen-bond donors (Lipinski definition) is 1. The first-order chi connectivity index (χ1) is 6.59. The Morgan fingerprint density at radius 3 is 2.79 bits per heavy atom. The predicted molar refractivity (Wildman–Crippen MR) is 49.9 cm³/mol. The summed E-state index contributed by atoms with van der Waals surface area (Å²) in [6.45, 7) is 0. The second kappa shape index (κ2) is 3.24. The first kappa shape index (κ1) is 9.46. The van der Waals surface area contributed by atoms with Gasteiger partial charge in [-0.2, -0.15) is 0 Å². The zero-order chi connectivity index (χ0) is 10.3. The number of hydrogen-bond acceptors (Lipinski definition) is 1. The molecule has 1 aliphatic rings. The van der Waals surface area contributed by atoms with Gasteiger partial charge in [-0.3, -0.25) is 4.79 Å². The molecule has 0 unspecified atom stereocenters. The number of rotatable bonds is 2. The molecule has 2 nitrogen and oxygen atoms in total. The lowest BCUT2D eigenvalue weighted by atomic mass is 10.1. The van der Waals surface area contributed by atoms with Crippen molar-refractivity contribution >= 4 is 17.6 Å². The normalized spacial score (nSPS) is 24.7. The lowest BCUT2D eigenvalue weighted by Crippen LogP contribution is -1.99. The lowest BCUT2D eigenvalue weighted by Gasteiger charge is -2.00. The minimum atomic E-state index is -0.857. The maximum atomic E-state index is 13.3. The van der Waals surface area contributed by atoms with Crippen LogP contribution in [-0.4, -0.2) is 11.1 Å². The monoisotopic (exact) mass is 214 g/mol. The second-order valence-electron chi connectivity index (χ2n) is 3.45. The van der Waals surface area contributed by atoms with Crippen LogP contribution in [0.3, 0.4) is 0 Å². The molecule has 0 aliphatic heterocycles. The molecule has 0 heterocycles. The molecular weight excluding hydrogens is 207 g/mol. The van der Waals surface area contributed by atoms with Crippen LogP contribution in [0, 0.1) is 11.7 Å². The zero-order valence-corrected chi connectivity index (χ0v) is 7.96. The molecule has 1 saturated carbocycles. The summed E-state index contributed by atoms with van der Waals surface area (Å²) in [5.74, 6) is -1.87. The Morgan fingerprint density at radius 2 is 2.29 bits per heavy atom. The van der Waals surface area contributed by atoms with Gasteiger partial charge in [-0.15, -0.1) is 0 Å². The maximum Gasteiger partial charge on any atom is 0.307 e. The molecule has 2 atom stereocenters. The fourth-order valence-electron chi connectivity index (χ4n) is 1.61. The van der Waals surface area contributed by atoms with Crippen molar-refractivity contribution in [2.75, 3.05) is 0 Å². The van der Waals surface area contributed by atoms with Crippen molar-refractivity contribution in [3.8, 4) is 0 Å². The Labute approximate surface area is 85.3 Å². The molecule has 0 bridgehead atoms. The van der Waals surface area contributed by atoms with Crippen molar-refractivity contribution in [3.05, 3.63) is 34.6 Å². The molecule has 1 N–H and O–H groups in total. The third-order valence-corrected chi connectivity index (χ3v) is 2.70. The van der Waals surface area contributed by atoms with E-state index >= 15 is 0 Å². The van der Waals surface area contributed by atoms with E-state index < -0.39 is 17.7 Å². The molecule has 74 valence electrons. The van der Waals surface area contributed by atoms with Crippen molar-refractivity contribution in [3.63, 3.8) is 0 Å². The number of carboxylic acids is 1. The van der Waals surface area contributed by atoms with Gasteiger partial charge in [0.05, 0.1) is 5.92 Å². The Kier molecular flexibility index (Phi) is 2.19. The molecule has 0 amide bonds. The molecule has 0 aromatic heterocycles. The van der Waals surface area contributed by atoms with Crippen LogP contribution in [0.4, 0.5) is 4.39 Å². The van der Waals surface area contributed by atoms with Gasteiger partial charge in [-0.1, -0.05) is 17.7 Å². The van der Waals surface area contributed by atoms with Gasteiger partial charge in [0, 0.05) is 10.9 Å². The van der Waals surface area contributed by atoms with E-state index in [9.17, 15) is 9.18 Å². The van der Waals surface area contributed by atoms with Gasteiger partial charge in [0.25, 0.3) is 0 Å². The average molecular weight is 215 g/mol. The molecule has 1 aromatic carbocycles. The van der Waals surface area contributed by atoms with Gasteiger partial charge >= 0.3 is 5.97 Å². The van der Waals surface area contributed by atoms with E-state index in [1.165, 1.54) is 6.07 Å². The summed E-state index contributed by atoms with van der Waals surface area (Å²) in [4.78, 5) is 10.6. The molecule has 4 heteroatoms. The summed E-state index contributed by atoms with van der Waals surface area (Å²) < 4.78 is 13.3. The highest BCUT2D eigenvalue weighted by atomic mass is 35.5. The molecule has 1 fully saturated rings. The van der Waals surface area contributed by atoms with Crippen LogP contribution in [0.1, 0.15) is 17.9 Å². The van der Waals surface area contributed by atoms with E-state index in [0.29, 0.717) is 17.0 Å². The van der Waals surface area contributed by atoms with Crippen molar-refractivity contribution in [2.24, 2.45) is 5.92 Å². The minimum Gasteiger partial charge on any atom is -0.481 e. The van der Waals surface area contributed by atoms with Crippen LogP contribution in [0.25, 0.3) is 0 Å².